The van der Waals surface area contributed by atoms with Crippen LogP contribution >= 0.6 is 0 Å². The minimum atomic E-state index is -0.278. The molecule has 7 nitrogen and oxygen atoms in total. The number of anilines is 1. The van der Waals surface area contributed by atoms with Gasteiger partial charge in [-0.25, -0.2) is 4.98 Å². The van der Waals surface area contributed by atoms with Gasteiger partial charge >= 0.3 is 0 Å². The number of nitrogens with one attached hydrogen (secondary N) is 2. The molecule has 0 saturated carbocycles. The fourth-order valence-electron chi connectivity index (χ4n) is 3.11. The minimum Gasteiger partial charge on any atom is -0.385 e. The predicted molar refractivity (Wildman–Crippen MR) is 98.4 cm³/mol. The van der Waals surface area contributed by atoms with Crippen LogP contribution in [-0.2, 0) is 17.7 Å². The Bertz CT molecular complexity index is 771. The number of fused-ring (bicyclic) bond motifs is 1. The van der Waals surface area contributed by atoms with Crippen LogP contribution in [0.25, 0.3) is 0 Å². The van der Waals surface area contributed by atoms with E-state index in [-0.39, 0.29) is 11.8 Å². The van der Waals surface area contributed by atoms with Crippen molar-refractivity contribution in [2.75, 3.05) is 25.6 Å². The van der Waals surface area contributed by atoms with Crippen LogP contribution < -0.4 is 10.6 Å². The van der Waals surface area contributed by atoms with Gasteiger partial charge in [0.25, 0.3) is 11.8 Å². The Balaban J connectivity index is 1.79. The zero-order valence-electron chi connectivity index (χ0n) is 15.0. The molecule has 138 valence electrons. The molecule has 0 unspecified atom stereocenters. The van der Waals surface area contributed by atoms with Crippen LogP contribution in [0.15, 0.2) is 30.3 Å². The van der Waals surface area contributed by atoms with Gasteiger partial charge in [-0.15, -0.1) is 0 Å². The van der Waals surface area contributed by atoms with Gasteiger partial charge in [-0.1, -0.05) is 18.2 Å². The van der Waals surface area contributed by atoms with Crippen molar-refractivity contribution in [3.63, 3.8) is 0 Å². The summed E-state index contributed by atoms with van der Waals surface area (Å²) in [6.45, 7) is 1.81. The van der Waals surface area contributed by atoms with E-state index in [4.69, 9.17) is 4.74 Å². The average Bonchev–Trinajstić information content (AvgIpc) is 3.06. The van der Waals surface area contributed by atoms with E-state index in [2.05, 4.69) is 15.6 Å². The summed E-state index contributed by atoms with van der Waals surface area (Å²) in [6, 6.07) is 9.25. The highest BCUT2D eigenvalue weighted by atomic mass is 16.5. The Morgan fingerprint density at radius 1 is 1.19 bits per heavy atom. The van der Waals surface area contributed by atoms with Crippen LogP contribution in [0.1, 0.15) is 46.1 Å². The summed E-state index contributed by atoms with van der Waals surface area (Å²) in [4.78, 5) is 29.6. The van der Waals surface area contributed by atoms with Gasteiger partial charge in [0, 0.05) is 32.5 Å². The molecule has 3 rings (SSSR count). The normalized spacial score (nSPS) is 13.1. The lowest BCUT2D eigenvalue weighted by atomic mass is 10.1. The molecule has 26 heavy (non-hydrogen) atoms. The predicted octanol–water partition coefficient (Wildman–Crippen LogP) is 2.24. The monoisotopic (exact) mass is 356 g/mol. The second kappa shape index (κ2) is 8.62. The fraction of sp³-hybridized carbons (Fsp3) is 0.421. The number of benzene rings is 1. The fourth-order valence-corrected chi connectivity index (χ4v) is 3.11. The summed E-state index contributed by atoms with van der Waals surface area (Å²) in [7, 11) is 1.63. The number of carbonyl (C=O) groups is 2. The van der Waals surface area contributed by atoms with E-state index in [0.29, 0.717) is 36.9 Å². The maximum Gasteiger partial charge on any atom is 0.287 e. The largest absolute Gasteiger partial charge is 0.385 e. The van der Waals surface area contributed by atoms with Crippen molar-refractivity contribution in [3.05, 3.63) is 47.5 Å². The third-order valence-corrected chi connectivity index (χ3v) is 4.38. The molecule has 0 aliphatic carbocycles. The van der Waals surface area contributed by atoms with Crippen LogP contribution in [0.2, 0.25) is 0 Å². The third kappa shape index (κ3) is 4.11. The van der Waals surface area contributed by atoms with E-state index in [0.717, 1.165) is 31.4 Å². The molecule has 7 heteroatoms. The van der Waals surface area contributed by atoms with Gasteiger partial charge in [0.05, 0.1) is 5.69 Å². The number of rotatable bonds is 7. The first-order valence-electron chi connectivity index (χ1n) is 8.93. The molecule has 2 amide bonds. The molecule has 0 spiro atoms. The van der Waals surface area contributed by atoms with Gasteiger partial charge in [-0.3, -0.25) is 9.59 Å². The summed E-state index contributed by atoms with van der Waals surface area (Å²) < 4.78 is 6.87. The molecule has 1 aliphatic heterocycles. The zero-order valence-corrected chi connectivity index (χ0v) is 15.0. The number of amides is 2. The van der Waals surface area contributed by atoms with Crippen molar-refractivity contribution in [1.82, 2.24) is 14.9 Å². The first-order valence-corrected chi connectivity index (χ1v) is 8.93. The van der Waals surface area contributed by atoms with Crippen LogP contribution in [0.4, 0.5) is 5.69 Å². The number of aromatic nitrogens is 2. The molecule has 0 saturated heterocycles. The van der Waals surface area contributed by atoms with Gasteiger partial charge in [-0.05, 0) is 37.8 Å². The molecule has 1 aliphatic rings. The molecule has 1 aromatic carbocycles. The van der Waals surface area contributed by atoms with Crippen molar-refractivity contribution in [2.45, 2.75) is 32.2 Å². The summed E-state index contributed by atoms with van der Waals surface area (Å²) in [5.41, 5.74) is 1.89. The number of nitrogens with zero attached hydrogens (tertiary/aromatic N) is 2. The summed E-state index contributed by atoms with van der Waals surface area (Å²) in [6.07, 6.45) is 3.46. The Kier molecular flexibility index (Phi) is 6.01. The average molecular weight is 356 g/mol. The van der Waals surface area contributed by atoms with Gasteiger partial charge in [0.15, 0.2) is 11.5 Å². The number of para-hydroxylation sites is 1. The molecule has 0 fully saturated rings. The second-order valence-corrected chi connectivity index (χ2v) is 6.26. The SMILES string of the molecule is COCCCNC(=O)c1nc(C(=O)Nc2ccccc2)c2n1CCCC2. The molecule has 0 atom stereocenters. The van der Waals surface area contributed by atoms with Crippen molar-refractivity contribution in [2.24, 2.45) is 0 Å². The highest BCUT2D eigenvalue weighted by Crippen LogP contribution is 2.22. The quantitative estimate of drug-likeness (QED) is 0.745. The van der Waals surface area contributed by atoms with Gasteiger partial charge in [-0.2, -0.15) is 0 Å². The lowest BCUT2D eigenvalue weighted by Crippen LogP contribution is -2.29. The van der Waals surface area contributed by atoms with E-state index >= 15 is 0 Å². The number of imidazole rings is 1. The highest BCUT2D eigenvalue weighted by Gasteiger charge is 2.27. The van der Waals surface area contributed by atoms with Crippen LogP contribution in [-0.4, -0.2) is 41.6 Å². The summed E-state index contributed by atoms with van der Waals surface area (Å²) >= 11 is 0. The molecule has 2 aromatic rings. The van der Waals surface area contributed by atoms with Crippen molar-refractivity contribution in [3.8, 4) is 0 Å². The van der Waals surface area contributed by atoms with Crippen LogP contribution in [0.5, 0.6) is 0 Å². The molecule has 0 bridgehead atoms. The van der Waals surface area contributed by atoms with Crippen molar-refractivity contribution < 1.29 is 14.3 Å². The molecular weight excluding hydrogens is 332 g/mol. The molecule has 0 radical (unpaired) electrons. The summed E-state index contributed by atoms with van der Waals surface area (Å²) in [5.74, 6) is -0.210. The smallest absolute Gasteiger partial charge is 0.287 e. The Morgan fingerprint density at radius 2 is 2.00 bits per heavy atom. The van der Waals surface area contributed by atoms with Gasteiger partial charge in [0.1, 0.15) is 0 Å². The van der Waals surface area contributed by atoms with E-state index in [1.807, 2.05) is 34.9 Å². The molecule has 2 N–H and O–H groups in total. The van der Waals surface area contributed by atoms with Crippen molar-refractivity contribution in [1.29, 1.82) is 0 Å². The van der Waals surface area contributed by atoms with E-state index in [1.54, 1.807) is 7.11 Å². The maximum absolute atomic E-state index is 12.7. The Labute approximate surface area is 152 Å². The number of ether oxygens (including phenoxy) is 1. The topological polar surface area (TPSA) is 85.2 Å². The van der Waals surface area contributed by atoms with E-state index in [1.165, 1.54) is 0 Å². The Hall–Kier alpha value is -2.67. The third-order valence-electron chi connectivity index (χ3n) is 4.38. The highest BCUT2D eigenvalue weighted by molar-refractivity contribution is 6.05. The molecular formula is C19H24N4O3. The number of methoxy groups -OCH3 is 1. The van der Waals surface area contributed by atoms with E-state index in [9.17, 15) is 9.59 Å². The van der Waals surface area contributed by atoms with Crippen LogP contribution in [0, 0.1) is 0 Å². The lowest BCUT2D eigenvalue weighted by Gasteiger charge is -2.17. The molecule has 2 heterocycles. The number of hydrogen-bond donors (Lipinski definition) is 2. The van der Waals surface area contributed by atoms with Crippen molar-refractivity contribution >= 4 is 17.5 Å². The number of hydrogen-bond acceptors (Lipinski definition) is 4. The number of carbonyl (C=O) groups excluding carboxylic acids is 2. The van der Waals surface area contributed by atoms with Gasteiger partial charge in [0.2, 0.25) is 0 Å². The maximum atomic E-state index is 12.7. The summed E-state index contributed by atoms with van der Waals surface area (Å²) in [5, 5.41) is 5.71. The van der Waals surface area contributed by atoms with Gasteiger partial charge < -0.3 is 19.9 Å². The molecule has 1 aromatic heterocycles. The lowest BCUT2D eigenvalue weighted by molar-refractivity contribution is 0.0932. The second-order valence-electron chi connectivity index (χ2n) is 6.26. The first kappa shape index (κ1) is 18.1. The first-order chi connectivity index (χ1) is 12.7. The van der Waals surface area contributed by atoms with Crippen LogP contribution in [0.3, 0.4) is 0 Å². The zero-order chi connectivity index (χ0) is 18.4. The standard InChI is InChI=1S/C19H24N4O3/c1-26-13-7-11-20-19(25)17-22-16(15-10-5-6-12-23(15)17)18(24)21-14-8-3-2-4-9-14/h2-4,8-9H,5-7,10-13H2,1H3,(H,20,25)(H,21,24). The Morgan fingerprint density at radius 3 is 2.77 bits per heavy atom. The van der Waals surface area contributed by atoms with E-state index < -0.39 is 0 Å². The minimum absolute atomic E-state index is 0.247.